The monoisotopic (exact) mass is 198 g/mol. The summed E-state index contributed by atoms with van der Waals surface area (Å²) in [5, 5.41) is 20.2. The van der Waals surface area contributed by atoms with Crippen molar-refractivity contribution in [3.8, 4) is 0 Å². The summed E-state index contributed by atoms with van der Waals surface area (Å²) in [6.45, 7) is 0. The summed E-state index contributed by atoms with van der Waals surface area (Å²) in [5.41, 5.74) is 0.484. The smallest absolute Gasteiger partial charge is 0.258 e. The Kier molecular flexibility index (Phi) is 1.63. The van der Waals surface area contributed by atoms with Crippen molar-refractivity contribution in [3.05, 3.63) is 27.3 Å². The second-order valence-corrected chi connectivity index (χ2v) is 2.77. The molecule has 2 rings (SSSR count). The average molecular weight is 199 g/mol. The third-order valence-corrected chi connectivity index (χ3v) is 1.91. The van der Waals surface area contributed by atoms with Crippen molar-refractivity contribution in [1.29, 1.82) is 0 Å². The molecular weight excluding hydrogens is 196 g/mol. The van der Waals surface area contributed by atoms with Gasteiger partial charge in [-0.25, -0.2) is 0 Å². The molecular formula is C6H3ClN4O2. The first-order chi connectivity index (χ1) is 6.20. The van der Waals surface area contributed by atoms with Crippen LogP contribution in [0.2, 0.25) is 5.02 Å². The SMILES string of the molecule is O=[N+]([O-])c1c(Cl)ccc2nn[nH]c12. The van der Waals surface area contributed by atoms with E-state index in [0.29, 0.717) is 5.52 Å². The third-order valence-electron chi connectivity index (χ3n) is 1.61. The predicted octanol–water partition coefficient (Wildman–Crippen LogP) is 1.52. The van der Waals surface area contributed by atoms with E-state index in [-0.39, 0.29) is 16.2 Å². The first-order valence-corrected chi connectivity index (χ1v) is 3.71. The summed E-state index contributed by atoms with van der Waals surface area (Å²) in [6.07, 6.45) is 0. The van der Waals surface area contributed by atoms with E-state index in [1.807, 2.05) is 0 Å². The molecule has 0 aliphatic heterocycles. The molecule has 0 unspecified atom stereocenters. The minimum absolute atomic E-state index is 0.0727. The van der Waals surface area contributed by atoms with Gasteiger partial charge in [0.05, 0.1) is 4.92 Å². The van der Waals surface area contributed by atoms with E-state index in [9.17, 15) is 10.1 Å². The molecule has 2 aromatic rings. The number of nitro groups is 1. The number of fused-ring (bicyclic) bond motifs is 1. The minimum atomic E-state index is -0.565. The Morgan fingerprint density at radius 1 is 1.54 bits per heavy atom. The number of nitrogens with zero attached hydrogens (tertiary/aromatic N) is 3. The van der Waals surface area contributed by atoms with Gasteiger partial charge < -0.3 is 0 Å². The lowest BCUT2D eigenvalue weighted by Crippen LogP contribution is -1.90. The van der Waals surface area contributed by atoms with Crippen LogP contribution in [-0.4, -0.2) is 20.3 Å². The van der Waals surface area contributed by atoms with Gasteiger partial charge in [-0.15, -0.1) is 5.10 Å². The van der Waals surface area contributed by atoms with Crippen LogP contribution in [0.5, 0.6) is 0 Å². The van der Waals surface area contributed by atoms with Gasteiger partial charge in [-0.05, 0) is 12.1 Å². The van der Waals surface area contributed by atoms with Gasteiger partial charge in [0.1, 0.15) is 10.5 Å². The summed E-state index contributed by atoms with van der Waals surface area (Å²) >= 11 is 5.64. The van der Waals surface area contributed by atoms with Crippen LogP contribution in [0.4, 0.5) is 5.69 Å². The van der Waals surface area contributed by atoms with Gasteiger partial charge >= 0.3 is 5.69 Å². The standard InChI is InChI=1S/C6H3ClN4O2/c7-3-1-2-4-5(9-10-8-4)6(3)11(12)13/h1-2H,(H,8,9,10). The molecule has 0 bridgehead atoms. The predicted molar refractivity (Wildman–Crippen MR) is 45.6 cm³/mol. The molecule has 1 aromatic heterocycles. The largest absolute Gasteiger partial charge is 0.314 e. The highest BCUT2D eigenvalue weighted by Gasteiger charge is 2.18. The number of H-pyrrole nitrogens is 1. The van der Waals surface area contributed by atoms with Gasteiger partial charge in [0.25, 0.3) is 0 Å². The van der Waals surface area contributed by atoms with Crippen LogP contribution in [0, 0.1) is 10.1 Å². The highest BCUT2D eigenvalue weighted by Crippen LogP contribution is 2.30. The van der Waals surface area contributed by atoms with Crippen LogP contribution in [0.25, 0.3) is 11.0 Å². The number of rotatable bonds is 1. The molecule has 0 saturated heterocycles. The zero-order valence-electron chi connectivity index (χ0n) is 6.19. The number of aromatic nitrogens is 3. The Hall–Kier alpha value is -1.69. The fraction of sp³-hybridized carbons (Fsp3) is 0. The Bertz CT molecular complexity index is 480. The number of halogens is 1. The Labute approximate surface area is 76.7 Å². The van der Waals surface area contributed by atoms with Crippen LogP contribution in [0.3, 0.4) is 0 Å². The molecule has 0 fully saturated rings. The lowest BCUT2D eigenvalue weighted by molar-refractivity contribution is -0.383. The molecule has 0 radical (unpaired) electrons. The maximum atomic E-state index is 10.6. The summed E-state index contributed by atoms with van der Waals surface area (Å²) < 4.78 is 0. The Morgan fingerprint density at radius 3 is 3.00 bits per heavy atom. The molecule has 0 spiro atoms. The number of hydrogen-bond donors (Lipinski definition) is 1. The molecule has 13 heavy (non-hydrogen) atoms. The van der Waals surface area contributed by atoms with Crippen molar-refractivity contribution >= 4 is 28.3 Å². The van der Waals surface area contributed by atoms with Crippen molar-refractivity contribution in [1.82, 2.24) is 15.4 Å². The molecule has 6 nitrogen and oxygen atoms in total. The van der Waals surface area contributed by atoms with Crippen molar-refractivity contribution in [2.24, 2.45) is 0 Å². The van der Waals surface area contributed by atoms with Gasteiger partial charge in [0.2, 0.25) is 0 Å². The van der Waals surface area contributed by atoms with Crippen LogP contribution in [0.1, 0.15) is 0 Å². The second kappa shape index (κ2) is 2.67. The van der Waals surface area contributed by atoms with E-state index in [0.717, 1.165) is 0 Å². The zero-order valence-corrected chi connectivity index (χ0v) is 6.95. The van der Waals surface area contributed by atoms with E-state index >= 15 is 0 Å². The maximum absolute atomic E-state index is 10.6. The molecule has 0 aliphatic carbocycles. The summed E-state index contributed by atoms with van der Waals surface area (Å²) in [7, 11) is 0. The normalized spacial score (nSPS) is 10.5. The van der Waals surface area contributed by atoms with E-state index < -0.39 is 4.92 Å². The third kappa shape index (κ3) is 1.11. The van der Waals surface area contributed by atoms with Crippen LogP contribution >= 0.6 is 11.6 Å². The van der Waals surface area contributed by atoms with E-state index in [2.05, 4.69) is 15.4 Å². The molecule has 0 aliphatic rings. The first kappa shape index (κ1) is 7.93. The topological polar surface area (TPSA) is 84.7 Å². The number of nitrogens with one attached hydrogen (secondary N) is 1. The second-order valence-electron chi connectivity index (χ2n) is 2.36. The highest BCUT2D eigenvalue weighted by molar-refractivity contribution is 6.33. The van der Waals surface area contributed by atoms with Crippen molar-refractivity contribution in [2.45, 2.75) is 0 Å². The number of benzene rings is 1. The van der Waals surface area contributed by atoms with Crippen molar-refractivity contribution in [2.75, 3.05) is 0 Å². The average Bonchev–Trinajstić information content (AvgIpc) is 2.50. The first-order valence-electron chi connectivity index (χ1n) is 3.34. The molecule has 1 N–H and O–H groups in total. The number of hydrogen-bond acceptors (Lipinski definition) is 4. The van der Waals surface area contributed by atoms with Gasteiger partial charge in [0.15, 0.2) is 5.52 Å². The number of nitro benzene ring substituents is 1. The van der Waals surface area contributed by atoms with Gasteiger partial charge in [-0.2, -0.15) is 0 Å². The van der Waals surface area contributed by atoms with Crippen LogP contribution < -0.4 is 0 Å². The molecule has 0 saturated carbocycles. The van der Waals surface area contributed by atoms with Gasteiger partial charge in [-0.3, -0.25) is 15.2 Å². The molecule has 66 valence electrons. The van der Waals surface area contributed by atoms with E-state index in [1.54, 1.807) is 6.07 Å². The minimum Gasteiger partial charge on any atom is -0.258 e. The highest BCUT2D eigenvalue weighted by atomic mass is 35.5. The summed E-state index contributed by atoms with van der Waals surface area (Å²) in [4.78, 5) is 10.0. The maximum Gasteiger partial charge on any atom is 0.314 e. The lowest BCUT2D eigenvalue weighted by Gasteiger charge is -1.93. The van der Waals surface area contributed by atoms with E-state index in [4.69, 9.17) is 11.6 Å². The zero-order chi connectivity index (χ0) is 9.42. The summed E-state index contributed by atoms with van der Waals surface area (Å²) in [5.74, 6) is 0. The quantitative estimate of drug-likeness (QED) is 0.556. The number of aromatic amines is 1. The van der Waals surface area contributed by atoms with Crippen molar-refractivity contribution in [3.63, 3.8) is 0 Å². The molecule has 7 heteroatoms. The Balaban J connectivity index is 2.88. The van der Waals surface area contributed by atoms with Crippen LogP contribution in [0.15, 0.2) is 12.1 Å². The molecule has 1 aromatic carbocycles. The molecule has 0 amide bonds. The fourth-order valence-corrected chi connectivity index (χ4v) is 1.28. The molecule has 1 heterocycles. The molecule has 0 atom stereocenters. The Morgan fingerprint density at radius 2 is 2.31 bits per heavy atom. The van der Waals surface area contributed by atoms with Crippen LogP contribution in [-0.2, 0) is 0 Å². The fourth-order valence-electron chi connectivity index (χ4n) is 1.06. The van der Waals surface area contributed by atoms with Crippen molar-refractivity contribution < 1.29 is 4.92 Å². The lowest BCUT2D eigenvalue weighted by atomic mass is 10.3. The van der Waals surface area contributed by atoms with E-state index in [1.165, 1.54) is 6.07 Å². The van der Waals surface area contributed by atoms with Gasteiger partial charge in [0, 0.05) is 0 Å². The van der Waals surface area contributed by atoms with Gasteiger partial charge in [-0.1, -0.05) is 16.8 Å². The summed E-state index contributed by atoms with van der Waals surface area (Å²) in [6, 6.07) is 2.98.